The minimum atomic E-state index is -4.61. The number of phosphoric acid groups is 1. The zero-order chi connectivity index (χ0) is 45.7. The van der Waals surface area contributed by atoms with Crippen LogP contribution in [0.25, 0.3) is 0 Å². The maximum Gasteiger partial charge on any atom is 0.268 e. The highest BCUT2D eigenvalue weighted by Gasteiger charge is 2.23. The first-order chi connectivity index (χ1) is 30.0. The molecule has 362 valence electrons. The van der Waals surface area contributed by atoms with Gasteiger partial charge in [-0.1, -0.05) is 203 Å². The van der Waals surface area contributed by atoms with Gasteiger partial charge in [-0.05, 0) is 70.6 Å². The van der Waals surface area contributed by atoms with Crippen LogP contribution in [0.1, 0.15) is 219 Å². The molecule has 0 fully saturated rings. The molecule has 0 spiro atoms. The van der Waals surface area contributed by atoms with Crippen molar-refractivity contribution in [2.75, 3.05) is 40.9 Å². The average molecular weight is 891 g/mol. The molecule has 0 bridgehead atoms. The Morgan fingerprint density at radius 3 is 1.48 bits per heavy atom. The lowest BCUT2D eigenvalue weighted by Crippen LogP contribution is -2.45. The fourth-order valence-electron chi connectivity index (χ4n) is 7.16. The summed E-state index contributed by atoms with van der Waals surface area (Å²) in [6, 6.07) is -0.911. The van der Waals surface area contributed by atoms with E-state index in [-0.39, 0.29) is 12.5 Å². The molecule has 0 aliphatic heterocycles. The van der Waals surface area contributed by atoms with Crippen molar-refractivity contribution < 1.29 is 32.9 Å². The van der Waals surface area contributed by atoms with Crippen LogP contribution in [-0.2, 0) is 18.4 Å². The SMILES string of the molecule is CC/C=C\C/C=C\CCCCCCCCCCCCCCCCC(=O)NC(COP(=O)([O-])OCC[N+](C)(C)C)C(O)/C=C/CC/C=C/CC/C=C/CCCCCCCCCCC. The van der Waals surface area contributed by atoms with Gasteiger partial charge in [-0.2, -0.15) is 0 Å². The summed E-state index contributed by atoms with van der Waals surface area (Å²) in [4.78, 5) is 25.4. The number of carbonyl (C=O) groups excluding carboxylic acids is 1. The van der Waals surface area contributed by atoms with Gasteiger partial charge in [0.2, 0.25) is 5.91 Å². The molecule has 9 heteroatoms. The van der Waals surface area contributed by atoms with Crippen molar-refractivity contribution in [1.29, 1.82) is 0 Å². The average Bonchev–Trinajstić information content (AvgIpc) is 3.23. The van der Waals surface area contributed by atoms with Gasteiger partial charge in [0.15, 0.2) is 0 Å². The Balaban J connectivity index is 4.36. The van der Waals surface area contributed by atoms with Crippen LogP contribution >= 0.6 is 7.82 Å². The van der Waals surface area contributed by atoms with E-state index in [4.69, 9.17) is 9.05 Å². The van der Waals surface area contributed by atoms with E-state index >= 15 is 0 Å². The van der Waals surface area contributed by atoms with E-state index in [1.807, 2.05) is 27.2 Å². The third kappa shape index (κ3) is 46.2. The van der Waals surface area contributed by atoms with E-state index in [9.17, 15) is 19.4 Å². The molecule has 0 aliphatic rings. The van der Waals surface area contributed by atoms with Crippen molar-refractivity contribution in [2.45, 2.75) is 231 Å². The van der Waals surface area contributed by atoms with Gasteiger partial charge in [-0.25, -0.2) is 0 Å². The van der Waals surface area contributed by atoms with Crippen molar-refractivity contribution in [3.63, 3.8) is 0 Å². The second-order valence-electron chi connectivity index (χ2n) is 18.5. The number of amides is 1. The molecule has 0 saturated carbocycles. The second-order valence-corrected chi connectivity index (χ2v) is 19.9. The first-order valence-corrected chi connectivity index (χ1v) is 27.1. The summed E-state index contributed by atoms with van der Waals surface area (Å²) in [5.74, 6) is -0.213. The Bertz CT molecular complexity index is 1190. The number of allylic oxidation sites excluding steroid dienone is 9. The van der Waals surface area contributed by atoms with Gasteiger partial charge in [-0.15, -0.1) is 0 Å². The molecule has 1 amide bonds. The van der Waals surface area contributed by atoms with Crippen molar-refractivity contribution >= 4 is 13.7 Å². The predicted molar refractivity (Wildman–Crippen MR) is 265 cm³/mol. The lowest BCUT2D eigenvalue weighted by atomic mass is 10.0. The van der Waals surface area contributed by atoms with Gasteiger partial charge in [0.1, 0.15) is 13.2 Å². The molecular formula is C53H99N2O6P. The molecule has 0 rings (SSSR count). The zero-order valence-electron chi connectivity index (χ0n) is 41.1. The molecule has 0 aromatic heterocycles. The molecule has 0 radical (unpaired) electrons. The number of hydrogen-bond donors (Lipinski definition) is 2. The van der Waals surface area contributed by atoms with Crippen LogP contribution in [0.3, 0.4) is 0 Å². The van der Waals surface area contributed by atoms with Crippen LogP contribution in [0, 0.1) is 0 Å². The summed E-state index contributed by atoms with van der Waals surface area (Å²) < 4.78 is 23.3. The molecule has 0 aliphatic carbocycles. The number of aliphatic hydroxyl groups is 1. The Labute approximate surface area is 383 Å². The summed E-state index contributed by atoms with van der Waals surface area (Å²) in [5, 5.41) is 13.8. The lowest BCUT2D eigenvalue weighted by Gasteiger charge is -2.29. The van der Waals surface area contributed by atoms with Gasteiger partial charge in [0.25, 0.3) is 7.82 Å². The number of hydrogen-bond acceptors (Lipinski definition) is 6. The summed E-state index contributed by atoms with van der Waals surface area (Å²) in [5.41, 5.74) is 0. The monoisotopic (exact) mass is 891 g/mol. The lowest BCUT2D eigenvalue weighted by molar-refractivity contribution is -0.870. The molecular weight excluding hydrogens is 792 g/mol. The number of phosphoric ester groups is 1. The minimum Gasteiger partial charge on any atom is -0.756 e. The number of unbranched alkanes of at least 4 members (excludes halogenated alkanes) is 25. The first-order valence-electron chi connectivity index (χ1n) is 25.7. The van der Waals surface area contributed by atoms with E-state index in [1.54, 1.807) is 6.08 Å². The predicted octanol–water partition coefficient (Wildman–Crippen LogP) is 14.3. The van der Waals surface area contributed by atoms with Gasteiger partial charge >= 0.3 is 0 Å². The van der Waals surface area contributed by atoms with Gasteiger partial charge in [0.05, 0.1) is 39.9 Å². The van der Waals surface area contributed by atoms with E-state index in [2.05, 4.69) is 67.8 Å². The molecule has 62 heavy (non-hydrogen) atoms. The highest BCUT2D eigenvalue weighted by Crippen LogP contribution is 2.38. The molecule has 2 N–H and O–H groups in total. The second kappa shape index (κ2) is 44.4. The number of carbonyl (C=O) groups is 1. The fourth-order valence-corrected chi connectivity index (χ4v) is 7.89. The van der Waals surface area contributed by atoms with E-state index in [0.29, 0.717) is 17.4 Å². The number of rotatable bonds is 46. The normalized spacial score (nSPS) is 14.6. The van der Waals surface area contributed by atoms with Gasteiger partial charge in [-0.3, -0.25) is 9.36 Å². The topological polar surface area (TPSA) is 108 Å². The van der Waals surface area contributed by atoms with Gasteiger partial charge < -0.3 is 28.8 Å². The molecule has 0 aromatic carbocycles. The number of nitrogens with one attached hydrogen (secondary N) is 1. The molecule has 0 saturated heterocycles. The highest BCUT2D eigenvalue weighted by molar-refractivity contribution is 7.45. The largest absolute Gasteiger partial charge is 0.756 e. The van der Waals surface area contributed by atoms with Crippen LogP contribution in [0.4, 0.5) is 0 Å². The molecule has 3 unspecified atom stereocenters. The molecule has 0 heterocycles. The molecule has 3 atom stereocenters. The number of quaternary nitrogens is 1. The Morgan fingerprint density at radius 1 is 0.581 bits per heavy atom. The maximum absolute atomic E-state index is 12.9. The van der Waals surface area contributed by atoms with Crippen molar-refractivity contribution in [1.82, 2.24) is 5.32 Å². The fraction of sp³-hybridized carbons (Fsp3) is 0.792. The Kier molecular flexibility index (Phi) is 43.1. The standard InChI is InChI=1S/C53H99N2O6P/c1-6-8-10-12-14-16-18-20-22-24-26-27-29-31-33-35-37-39-41-43-45-47-53(57)54-51(50-61-62(58,59)60-49-48-55(3,4)5)52(56)46-44-42-40-38-36-34-32-30-28-25-23-21-19-17-15-13-11-9-7-2/h8,10,14,16,28,30,36,38,44,46,51-52,56H,6-7,9,11-13,15,17-27,29,31-35,37,39-43,45,47-50H2,1-5H3,(H-,54,57,58,59)/b10-8-,16-14-,30-28+,38-36+,46-44+. The van der Waals surface area contributed by atoms with Crippen LogP contribution in [0.5, 0.6) is 0 Å². The van der Waals surface area contributed by atoms with Crippen molar-refractivity contribution in [2.24, 2.45) is 0 Å². The summed E-state index contributed by atoms with van der Waals surface area (Å²) in [6.45, 7) is 4.52. The minimum absolute atomic E-state index is 0.0103. The maximum atomic E-state index is 12.9. The highest BCUT2D eigenvalue weighted by atomic mass is 31.2. The molecule has 0 aromatic rings. The third-order valence-electron chi connectivity index (χ3n) is 11.2. The summed E-state index contributed by atoms with van der Waals surface area (Å²) >= 11 is 0. The van der Waals surface area contributed by atoms with Crippen molar-refractivity contribution in [3.8, 4) is 0 Å². The number of likely N-dealkylation sites (N-methyl/N-ethyl adjacent to an activating group) is 1. The smallest absolute Gasteiger partial charge is 0.268 e. The van der Waals surface area contributed by atoms with Crippen LogP contribution in [0.15, 0.2) is 60.8 Å². The zero-order valence-corrected chi connectivity index (χ0v) is 42.0. The van der Waals surface area contributed by atoms with Crippen LogP contribution < -0.4 is 10.2 Å². The Hall–Kier alpha value is -1.80. The summed E-state index contributed by atoms with van der Waals surface area (Å²) in [7, 11) is 1.23. The van der Waals surface area contributed by atoms with Gasteiger partial charge in [0, 0.05) is 6.42 Å². The number of nitrogens with zero attached hydrogens (tertiary/aromatic N) is 1. The number of aliphatic hydroxyl groups excluding tert-OH is 1. The van der Waals surface area contributed by atoms with Crippen LogP contribution in [0.2, 0.25) is 0 Å². The first kappa shape index (κ1) is 60.2. The molecule has 8 nitrogen and oxygen atoms in total. The quantitative estimate of drug-likeness (QED) is 0.0273. The van der Waals surface area contributed by atoms with Crippen LogP contribution in [-0.4, -0.2) is 68.5 Å². The van der Waals surface area contributed by atoms with E-state index in [1.165, 1.54) is 141 Å². The van der Waals surface area contributed by atoms with Crippen molar-refractivity contribution in [3.05, 3.63) is 60.8 Å². The van der Waals surface area contributed by atoms with E-state index in [0.717, 1.165) is 57.8 Å². The van der Waals surface area contributed by atoms with E-state index < -0.39 is 26.6 Å². The summed E-state index contributed by atoms with van der Waals surface area (Å²) in [6.07, 6.45) is 58.5. The Morgan fingerprint density at radius 2 is 1.00 bits per heavy atom. The third-order valence-corrected chi connectivity index (χ3v) is 12.2.